The Balaban J connectivity index is 2.47. The standard InChI is InChI=1S/C16H17Cl2N/c1-16(11-19-2,12-3-7-14(17)8-4-12)13-5-9-15(18)10-6-13/h3-10,19H,11H2,1-2H3. The monoisotopic (exact) mass is 293 g/mol. The van der Waals surface area contributed by atoms with Crippen molar-refractivity contribution >= 4 is 23.2 Å². The Morgan fingerprint density at radius 3 is 1.53 bits per heavy atom. The normalized spacial score (nSPS) is 11.6. The van der Waals surface area contributed by atoms with E-state index in [1.807, 2.05) is 31.3 Å². The molecular formula is C16H17Cl2N. The summed E-state index contributed by atoms with van der Waals surface area (Å²) in [6.45, 7) is 3.06. The van der Waals surface area contributed by atoms with Crippen LogP contribution in [0.5, 0.6) is 0 Å². The average molecular weight is 294 g/mol. The van der Waals surface area contributed by atoms with Gasteiger partial charge in [0.05, 0.1) is 0 Å². The van der Waals surface area contributed by atoms with Crippen molar-refractivity contribution in [2.45, 2.75) is 12.3 Å². The van der Waals surface area contributed by atoms with E-state index in [1.54, 1.807) is 0 Å². The van der Waals surface area contributed by atoms with Gasteiger partial charge in [-0.1, -0.05) is 54.4 Å². The van der Waals surface area contributed by atoms with Crippen LogP contribution in [-0.2, 0) is 5.41 Å². The Hall–Kier alpha value is -1.02. The van der Waals surface area contributed by atoms with E-state index in [0.29, 0.717) is 0 Å². The first-order valence-corrected chi connectivity index (χ1v) is 6.98. The van der Waals surface area contributed by atoms with Crippen LogP contribution in [0.1, 0.15) is 18.1 Å². The first kappa shape index (κ1) is 14.4. The number of rotatable bonds is 4. The molecule has 0 radical (unpaired) electrons. The third-order valence-corrected chi connectivity index (χ3v) is 4.00. The molecule has 1 N–H and O–H groups in total. The number of nitrogens with one attached hydrogen (secondary N) is 1. The molecule has 0 saturated heterocycles. The van der Waals surface area contributed by atoms with Crippen LogP contribution in [-0.4, -0.2) is 13.6 Å². The predicted molar refractivity (Wildman–Crippen MR) is 83.3 cm³/mol. The lowest BCUT2D eigenvalue weighted by atomic mass is 9.76. The zero-order valence-electron chi connectivity index (χ0n) is 11.1. The second-order valence-electron chi connectivity index (χ2n) is 4.88. The lowest BCUT2D eigenvalue weighted by Gasteiger charge is -2.31. The molecule has 2 aromatic rings. The summed E-state index contributed by atoms with van der Waals surface area (Å²) in [4.78, 5) is 0. The number of hydrogen-bond acceptors (Lipinski definition) is 1. The lowest BCUT2D eigenvalue weighted by molar-refractivity contribution is 0.532. The van der Waals surface area contributed by atoms with Gasteiger partial charge in [-0.15, -0.1) is 0 Å². The fourth-order valence-corrected chi connectivity index (χ4v) is 2.61. The molecule has 0 bridgehead atoms. The predicted octanol–water partition coefficient (Wildman–Crippen LogP) is 4.52. The minimum Gasteiger partial charge on any atom is -0.319 e. The molecule has 3 heteroatoms. The molecule has 100 valence electrons. The molecule has 0 spiro atoms. The van der Waals surface area contributed by atoms with Crippen LogP contribution in [0, 0.1) is 0 Å². The highest BCUT2D eigenvalue weighted by atomic mass is 35.5. The van der Waals surface area contributed by atoms with Gasteiger partial charge in [0.25, 0.3) is 0 Å². The van der Waals surface area contributed by atoms with Crippen molar-refractivity contribution < 1.29 is 0 Å². The Morgan fingerprint density at radius 1 is 0.842 bits per heavy atom. The van der Waals surface area contributed by atoms with E-state index in [-0.39, 0.29) is 5.41 Å². The van der Waals surface area contributed by atoms with Crippen LogP contribution in [0.15, 0.2) is 48.5 Å². The third-order valence-electron chi connectivity index (χ3n) is 3.49. The molecule has 0 unspecified atom stereocenters. The highest BCUT2D eigenvalue weighted by Gasteiger charge is 2.28. The molecule has 0 saturated carbocycles. The van der Waals surface area contributed by atoms with Crippen LogP contribution in [0.2, 0.25) is 10.0 Å². The quantitative estimate of drug-likeness (QED) is 0.874. The van der Waals surface area contributed by atoms with Gasteiger partial charge in [0.2, 0.25) is 0 Å². The lowest BCUT2D eigenvalue weighted by Crippen LogP contribution is -2.35. The maximum atomic E-state index is 5.97. The van der Waals surface area contributed by atoms with Crippen molar-refractivity contribution in [2.75, 3.05) is 13.6 Å². The summed E-state index contributed by atoms with van der Waals surface area (Å²) >= 11 is 11.9. The molecule has 0 aliphatic rings. The first-order chi connectivity index (χ1) is 9.06. The summed E-state index contributed by atoms with van der Waals surface area (Å²) in [5.74, 6) is 0. The minimum absolute atomic E-state index is 0.107. The maximum Gasteiger partial charge on any atom is 0.0406 e. The van der Waals surface area contributed by atoms with Crippen molar-refractivity contribution in [3.63, 3.8) is 0 Å². The second-order valence-corrected chi connectivity index (χ2v) is 5.75. The van der Waals surface area contributed by atoms with E-state index in [2.05, 4.69) is 36.5 Å². The number of benzene rings is 2. The fourth-order valence-electron chi connectivity index (χ4n) is 2.36. The first-order valence-electron chi connectivity index (χ1n) is 6.23. The molecule has 0 atom stereocenters. The summed E-state index contributed by atoms with van der Waals surface area (Å²) in [5, 5.41) is 4.78. The molecule has 0 aliphatic heterocycles. The Kier molecular flexibility index (Phi) is 4.51. The summed E-state index contributed by atoms with van der Waals surface area (Å²) in [5.41, 5.74) is 2.35. The van der Waals surface area contributed by atoms with Crippen molar-refractivity contribution in [1.29, 1.82) is 0 Å². The van der Waals surface area contributed by atoms with Gasteiger partial charge in [-0.2, -0.15) is 0 Å². The third kappa shape index (κ3) is 3.11. The van der Waals surface area contributed by atoms with Gasteiger partial charge in [-0.25, -0.2) is 0 Å². The Bertz CT molecular complexity index is 486. The number of hydrogen-bond donors (Lipinski definition) is 1. The second kappa shape index (κ2) is 5.96. The van der Waals surface area contributed by atoms with Gasteiger partial charge in [-0.3, -0.25) is 0 Å². The zero-order chi connectivity index (χ0) is 13.9. The molecule has 0 aromatic heterocycles. The van der Waals surface area contributed by atoms with E-state index in [9.17, 15) is 0 Å². The summed E-state index contributed by atoms with van der Waals surface area (Å²) in [6.07, 6.45) is 0. The van der Waals surface area contributed by atoms with E-state index in [0.717, 1.165) is 16.6 Å². The van der Waals surface area contributed by atoms with Crippen molar-refractivity contribution in [2.24, 2.45) is 0 Å². The SMILES string of the molecule is CNCC(C)(c1ccc(Cl)cc1)c1ccc(Cl)cc1. The highest BCUT2D eigenvalue weighted by molar-refractivity contribution is 6.30. The van der Waals surface area contributed by atoms with Crippen molar-refractivity contribution in [1.82, 2.24) is 5.32 Å². The van der Waals surface area contributed by atoms with E-state index >= 15 is 0 Å². The van der Waals surface area contributed by atoms with Crippen LogP contribution in [0.3, 0.4) is 0 Å². The van der Waals surface area contributed by atoms with Crippen LogP contribution in [0.25, 0.3) is 0 Å². The Morgan fingerprint density at radius 2 is 1.21 bits per heavy atom. The van der Waals surface area contributed by atoms with Gasteiger partial charge in [0, 0.05) is 22.0 Å². The molecule has 0 fully saturated rings. The fraction of sp³-hybridized carbons (Fsp3) is 0.250. The molecule has 0 amide bonds. The van der Waals surface area contributed by atoms with Gasteiger partial charge < -0.3 is 5.32 Å². The zero-order valence-corrected chi connectivity index (χ0v) is 12.6. The average Bonchev–Trinajstić information content (AvgIpc) is 2.40. The van der Waals surface area contributed by atoms with Gasteiger partial charge >= 0.3 is 0 Å². The molecule has 2 aromatic carbocycles. The van der Waals surface area contributed by atoms with Gasteiger partial charge in [0.1, 0.15) is 0 Å². The van der Waals surface area contributed by atoms with Crippen LogP contribution in [0.4, 0.5) is 0 Å². The highest BCUT2D eigenvalue weighted by Crippen LogP contribution is 2.32. The summed E-state index contributed by atoms with van der Waals surface area (Å²) in [6, 6.07) is 16.0. The topological polar surface area (TPSA) is 12.0 Å². The minimum atomic E-state index is -0.107. The van der Waals surface area contributed by atoms with Crippen molar-refractivity contribution in [3.8, 4) is 0 Å². The van der Waals surface area contributed by atoms with E-state index in [1.165, 1.54) is 11.1 Å². The summed E-state index contributed by atoms with van der Waals surface area (Å²) in [7, 11) is 1.96. The van der Waals surface area contributed by atoms with Crippen LogP contribution < -0.4 is 5.32 Å². The number of likely N-dealkylation sites (N-methyl/N-ethyl adjacent to an activating group) is 1. The molecule has 0 aliphatic carbocycles. The van der Waals surface area contributed by atoms with Gasteiger partial charge in [0.15, 0.2) is 0 Å². The Labute approximate surface area is 124 Å². The number of halogens is 2. The van der Waals surface area contributed by atoms with E-state index < -0.39 is 0 Å². The maximum absolute atomic E-state index is 5.97. The molecular weight excluding hydrogens is 277 g/mol. The van der Waals surface area contributed by atoms with E-state index in [4.69, 9.17) is 23.2 Å². The van der Waals surface area contributed by atoms with Crippen LogP contribution >= 0.6 is 23.2 Å². The summed E-state index contributed by atoms with van der Waals surface area (Å²) < 4.78 is 0. The van der Waals surface area contributed by atoms with Gasteiger partial charge in [-0.05, 0) is 42.4 Å². The molecule has 0 heterocycles. The molecule has 19 heavy (non-hydrogen) atoms. The smallest absolute Gasteiger partial charge is 0.0406 e. The van der Waals surface area contributed by atoms with Crippen molar-refractivity contribution in [3.05, 3.63) is 69.7 Å². The molecule has 1 nitrogen and oxygen atoms in total. The molecule has 2 rings (SSSR count). The largest absolute Gasteiger partial charge is 0.319 e.